The summed E-state index contributed by atoms with van der Waals surface area (Å²) in [6, 6.07) is 11.7. The maximum absolute atomic E-state index is 5.24. The summed E-state index contributed by atoms with van der Waals surface area (Å²) in [5.74, 6) is 1.78. The molecule has 28 heavy (non-hydrogen) atoms. The van der Waals surface area contributed by atoms with Crippen LogP contribution in [0.4, 0.5) is 0 Å². The van der Waals surface area contributed by atoms with Crippen LogP contribution in [0.1, 0.15) is 42.3 Å². The molecule has 152 valence electrons. The Balaban J connectivity index is 1.44. The van der Waals surface area contributed by atoms with Gasteiger partial charge in [-0.15, -0.1) is 0 Å². The summed E-state index contributed by atoms with van der Waals surface area (Å²) in [5, 5.41) is 11.1. The second-order valence-corrected chi connectivity index (χ2v) is 7.72. The summed E-state index contributed by atoms with van der Waals surface area (Å²) in [4.78, 5) is 6.97. The van der Waals surface area contributed by atoms with Crippen molar-refractivity contribution in [1.82, 2.24) is 20.7 Å². The van der Waals surface area contributed by atoms with E-state index in [1.54, 1.807) is 0 Å². The SMILES string of the molecule is CN=C(NCCc1c(C)noc1C)NC1CCN(Cc2ccccc2)C(C)C1. The van der Waals surface area contributed by atoms with Crippen LogP contribution in [0.15, 0.2) is 39.8 Å². The highest BCUT2D eigenvalue weighted by atomic mass is 16.5. The molecule has 0 radical (unpaired) electrons. The fourth-order valence-electron chi connectivity index (χ4n) is 3.96. The zero-order chi connectivity index (χ0) is 19.9. The first-order valence-corrected chi connectivity index (χ1v) is 10.2. The molecule has 0 amide bonds. The van der Waals surface area contributed by atoms with Gasteiger partial charge in [-0.3, -0.25) is 9.89 Å². The van der Waals surface area contributed by atoms with E-state index in [2.05, 4.69) is 62.9 Å². The van der Waals surface area contributed by atoms with Crippen LogP contribution < -0.4 is 10.6 Å². The van der Waals surface area contributed by atoms with Crippen LogP contribution in [0, 0.1) is 13.8 Å². The van der Waals surface area contributed by atoms with Gasteiger partial charge in [0.05, 0.1) is 5.69 Å². The molecule has 2 N–H and O–H groups in total. The first-order valence-electron chi connectivity index (χ1n) is 10.2. The molecule has 1 aromatic heterocycles. The van der Waals surface area contributed by atoms with Crippen molar-refractivity contribution < 1.29 is 4.52 Å². The lowest BCUT2D eigenvalue weighted by atomic mass is 9.97. The van der Waals surface area contributed by atoms with E-state index in [-0.39, 0.29) is 0 Å². The van der Waals surface area contributed by atoms with Gasteiger partial charge >= 0.3 is 0 Å². The van der Waals surface area contributed by atoms with Crippen LogP contribution in [0.5, 0.6) is 0 Å². The van der Waals surface area contributed by atoms with Crippen molar-refractivity contribution in [1.29, 1.82) is 0 Å². The van der Waals surface area contributed by atoms with E-state index in [1.807, 2.05) is 20.9 Å². The van der Waals surface area contributed by atoms with Gasteiger partial charge in [-0.05, 0) is 45.6 Å². The van der Waals surface area contributed by atoms with E-state index in [0.717, 1.165) is 56.3 Å². The quantitative estimate of drug-likeness (QED) is 0.593. The molecule has 0 saturated carbocycles. The van der Waals surface area contributed by atoms with Crippen molar-refractivity contribution in [3.63, 3.8) is 0 Å². The van der Waals surface area contributed by atoms with Gasteiger partial charge in [-0.2, -0.15) is 0 Å². The summed E-state index contributed by atoms with van der Waals surface area (Å²) < 4.78 is 5.24. The summed E-state index contributed by atoms with van der Waals surface area (Å²) >= 11 is 0. The number of aryl methyl sites for hydroxylation is 2. The number of rotatable bonds is 6. The number of nitrogens with one attached hydrogen (secondary N) is 2. The van der Waals surface area contributed by atoms with Crippen molar-refractivity contribution in [2.75, 3.05) is 20.1 Å². The fourth-order valence-corrected chi connectivity index (χ4v) is 3.96. The highest BCUT2D eigenvalue weighted by Gasteiger charge is 2.26. The van der Waals surface area contributed by atoms with Crippen LogP contribution >= 0.6 is 0 Å². The monoisotopic (exact) mass is 383 g/mol. The van der Waals surface area contributed by atoms with Gasteiger partial charge in [0, 0.05) is 44.3 Å². The van der Waals surface area contributed by atoms with Crippen molar-refractivity contribution in [2.24, 2.45) is 4.99 Å². The zero-order valence-electron chi connectivity index (χ0n) is 17.5. The largest absolute Gasteiger partial charge is 0.361 e. The normalized spacial score (nSPS) is 20.9. The molecule has 3 rings (SSSR count). The van der Waals surface area contributed by atoms with Crippen LogP contribution in [0.2, 0.25) is 0 Å². The van der Waals surface area contributed by atoms with Gasteiger partial charge in [0.25, 0.3) is 0 Å². The fraction of sp³-hybridized carbons (Fsp3) is 0.545. The Hall–Kier alpha value is -2.34. The Morgan fingerprint density at radius 3 is 2.71 bits per heavy atom. The van der Waals surface area contributed by atoms with Gasteiger partial charge in [0.2, 0.25) is 0 Å². The Bertz CT molecular complexity index is 751. The molecular weight excluding hydrogens is 350 g/mol. The molecular formula is C22H33N5O. The molecule has 2 aromatic rings. The molecule has 6 heteroatoms. The van der Waals surface area contributed by atoms with Crippen LogP contribution in [-0.4, -0.2) is 48.2 Å². The van der Waals surface area contributed by atoms with E-state index in [4.69, 9.17) is 4.52 Å². The molecule has 0 aliphatic carbocycles. The molecule has 1 aromatic carbocycles. The van der Waals surface area contributed by atoms with Crippen LogP contribution in [-0.2, 0) is 13.0 Å². The highest BCUT2D eigenvalue weighted by molar-refractivity contribution is 5.80. The van der Waals surface area contributed by atoms with Gasteiger partial charge in [0.1, 0.15) is 5.76 Å². The van der Waals surface area contributed by atoms with Gasteiger partial charge in [0.15, 0.2) is 5.96 Å². The number of guanidine groups is 1. The summed E-state index contributed by atoms with van der Waals surface area (Å²) in [6.45, 7) is 9.22. The third-order valence-electron chi connectivity index (χ3n) is 5.66. The van der Waals surface area contributed by atoms with Crippen molar-refractivity contribution in [3.8, 4) is 0 Å². The second kappa shape index (κ2) is 9.73. The lowest BCUT2D eigenvalue weighted by Crippen LogP contribution is -2.51. The van der Waals surface area contributed by atoms with Gasteiger partial charge in [-0.1, -0.05) is 35.5 Å². The zero-order valence-corrected chi connectivity index (χ0v) is 17.5. The number of hydrogen-bond acceptors (Lipinski definition) is 4. The molecule has 2 unspecified atom stereocenters. The van der Waals surface area contributed by atoms with E-state index in [9.17, 15) is 0 Å². The number of likely N-dealkylation sites (tertiary alicyclic amines) is 1. The number of benzene rings is 1. The Labute approximate surface area is 168 Å². The Kier molecular flexibility index (Phi) is 7.09. The summed E-state index contributed by atoms with van der Waals surface area (Å²) in [5.41, 5.74) is 3.55. The van der Waals surface area contributed by atoms with Crippen LogP contribution in [0.3, 0.4) is 0 Å². The first kappa shape index (κ1) is 20.4. The third-order valence-corrected chi connectivity index (χ3v) is 5.66. The van der Waals surface area contributed by atoms with Crippen LogP contribution in [0.25, 0.3) is 0 Å². The van der Waals surface area contributed by atoms with Gasteiger partial charge in [-0.25, -0.2) is 0 Å². The number of aliphatic imine (C=N–C) groups is 1. The molecule has 6 nitrogen and oxygen atoms in total. The predicted octanol–water partition coefficient (Wildman–Crippen LogP) is 3.05. The topological polar surface area (TPSA) is 65.7 Å². The van der Waals surface area contributed by atoms with E-state index < -0.39 is 0 Å². The average molecular weight is 384 g/mol. The summed E-state index contributed by atoms with van der Waals surface area (Å²) in [7, 11) is 1.83. The molecule has 0 bridgehead atoms. The molecule has 1 saturated heterocycles. The first-order chi connectivity index (χ1) is 13.6. The minimum atomic E-state index is 0.451. The maximum atomic E-state index is 5.24. The molecule has 2 atom stereocenters. The van der Waals surface area contributed by atoms with Gasteiger partial charge < -0.3 is 15.2 Å². The minimum absolute atomic E-state index is 0.451. The average Bonchev–Trinajstić information content (AvgIpc) is 3.02. The lowest BCUT2D eigenvalue weighted by Gasteiger charge is -2.38. The molecule has 0 spiro atoms. The minimum Gasteiger partial charge on any atom is -0.361 e. The van der Waals surface area contributed by atoms with Crippen molar-refractivity contribution in [3.05, 3.63) is 52.9 Å². The number of nitrogens with zero attached hydrogens (tertiary/aromatic N) is 3. The van der Waals surface area contributed by atoms with E-state index in [0.29, 0.717) is 12.1 Å². The highest BCUT2D eigenvalue weighted by Crippen LogP contribution is 2.20. The third kappa shape index (κ3) is 5.35. The standard InChI is InChI=1S/C22H33N5O/c1-16-14-20(11-13-27(16)15-19-8-6-5-7-9-19)25-22(23-4)24-12-10-21-17(2)26-28-18(21)3/h5-9,16,20H,10-15H2,1-4H3,(H2,23,24,25). The molecule has 1 aliphatic heterocycles. The van der Waals surface area contributed by atoms with E-state index >= 15 is 0 Å². The molecule has 1 fully saturated rings. The maximum Gasteiger partial charge on any atom is 0.191 e. The second-order valence-electron chi connectivity index (χ2n) is 7.72. The predicted molar refractivity (Wildman–Crippen MR) is 114 cm³/mol. The molecule has 2 heterocycles. The molecule has 1 aliphatic rings. The summed E-state index contributed by atoms with van der Waals surface area (Å²) in [6.07, 6.45) is 3.13. The Morgan fingerprint density at radius 2 is 2.07 bits per heavy atom. The van der Waals surface area contributed by atoms with Crippen molar-refractivity contribution in [2.45, 2.75) is 58.7 Å². The van der Waals surface area contributed by atoms with E-state index in [1.165, 1.54) is 11.1 Å². The number of aromatic nitrogens is 1. The smallest absolute Gasteiger partial charge is 0.191 e. The lowest BCUT2D eigenvalue weighted by molar-refractivity contribution is 0.134. The van der Waals surface area contributed by atoms with Crippen molar-refractivity contribution >= 4 is 5.96 Å². The number of piperidine rings is 1. The Morgan fingerprint density at radius 1 is 1.29 bits per heavy atom. The number of hydrogen-bond donors (Lipinski definition) is 2.